The molecule has 0 bridgehead atoms. The van der Waals surface area contributed by atoms with E-state index in [1.54, 1.807) is 24.3 Å². The number of anilines is 2. The number of phenols is 2. The van der Waals surface area contributed by atoms with Crippen molar-refractivity contribution < 1.29 is 43.0 Å². The number of fused-ring (bicyclic) bond motifs is 1. The van der Waals surface area contributed by atoms with Gasteiger partial charge in [-0.05, 0) is 96.4 Å². The molecule has 2 radical (unpaired) electrons. The molecule has 48 heavy (non-hydrogen) atoms. The Bertz CT molecular complexity index is 2190. The van der Waals surface area contributed by atoms with Gasteiger partial charge in [0.1, 0.15) is 21.9 Å². The van der Waals surface area contributed by atoms with E-state index in [0.29, 0.717) is 11.3 Å². The van der Waals surface area contributed by atoms with Gasteiger partial charge in [0.05, 0.1) is 11.4 Å². The topological polar surface area (TPSA) is 245 Å². The zero-order valence-electron chi connectivity index (χ0n) is 25.4. The van der Waals surface area contributed by atoms with Gasteiger partial charge in [0.15, 0.2) is 5.75 Å². The van der Waals surface area contributed by atoms with Crippen LogP contribution in [0.4, 0.5) is 28.4 Å². The monoisotopic (exact) mass is 687 g/mol. The molecular formula is C31H23N5Na2O9S. The second-order valence-corrected chi connectivity index (χ2v) is 11.1. The van der Waals surface area contributed by atoms with Crippen LogP contribution in [-0.4, -0.2) is 110 Å². The predicted octanol–water partition coefficient (Wildman–Crippen LogP) is 5.32. The average molecular weight is 688 g/mol. The SMILES string of the molecule is Nc1ccc(C(O)=Nc2ccc3c(O)c(N=Nc4ccc(C(=O)Nc5ccc(O)c(C(=O)O)c5)cc4)c(S(=O)(=O)O)cc3c2)cc1.[Na].[Na]. The number of carbonyl (C=O) groups excluding carboxylic acids is 1. The van der Waals surface area contributed by atoms with Gasteiger partial charge in [-0.2, -0.15) is 13.5 Å². The molecule has 5 rings (SSSR count). The van der Waals surface area contributed by atoms with Crippen LogP contribution in [0.3, 0.4) is 0 Å². The van der Waals surface area contributed by atoms with Crippen molar-refractivity contribution in [3.63, 3.8) is 0 Å². The summed E-state index contributed by atoms with van der Waals surface area (Å²) in [4.78, 5) is 27.2. The Balaban J connectivity index is 0.00000312. The maximum atomic E-state index is 12.6. The van der Waals surface area contributed by atoms with Crippen molar-refractivity contribution in [1.82, 2.24) is 0 Å². The van der Waals surface area contributed by atoms with Gasteiger partial charge >= 0.3 is 5.97 Å². The molecule has 5 aromatic carbocycles. The number of nitrogens with zero attached hydrogens (tertiary/aromatic N) is 3. The van der Waals surface area contributed by atoms with E-state index in [-0.39, 0.29) is 98.4 Å². The van der Waals surface area contributed by atoms with Gasteiger partial charge in [-0.15, -0.1) is 5.11 Å². The molecule has 0 aliphatic carbocycles. The fraction of sp³-hybridized carbons (Fsp3) is 0. The molecule has 17 heteroatoms. The maximum absolute atomic E-state index is 12.6. The van der Waals surface area contributed by atoms with E-state index >= 15 is 0 Å². The van der Waals surface area contributed by atoms with Crippen molar-refractivity contribution in [2.45, 2.75) is 4.90 Å². The van der Waals surface area contributed by atoms with E-state index in [4.69, 9.17) is 10.8 Å². The number of phenolic OH excluding ortho intramolecular Hbond substituents is 1. The number of aromatic carboxylic acids is 1. The van der Waals surface area contributed by atoms with Crippen LogP contribution in [0.25, 0.3) is 10.8 Å². The largest absolute Gasteiger partial charge is 0.507 e. The molecule has 1 amide bonds. The first-order valence-electron chi connectivity index (χ1n) is 13.1. The first kappa shape index (κ1) is 38.1. The summed E-state index contributed by atoms with van der Waals surface area (Å²) in [5, 5.41) is 50.8. The van der Waals surface area contributed by atoms with Gasteiger partial charge in [0.2, 0.25) is 5.90 Å². The number of nitrogens with one attached hydrogen (secondary N) is 1. The summed E-state index contributed by atoms with van der Waals surface area (Å²) >= 11 is 0. The number of nitrogen functional groups attached to an aromatic ring is 1. The van der Waals surface area contributed by atoms with Gasteiger partial charge in [-0.25, -0.2) is 9.79 Å². The number of benzene rings is 5. The average Bonchev–Trinajstić information content (AvgIpc) is 3.01. The molecule has 0 aliphatic heterocycles. The van der Waals surface area contributed by atoms with Crippen LogP contribution in [0.1, 0.15) is 26.3 Å². The Hall–Kier alpha value is -4.32. The van der Waals surface area contributed by atoms with Crippen LogP contribution >= 0.6 is 0 Å². The Morgan fingerprint density at radius 1 is 0.750 bits per heavy atom. The minimum atomic E-state index is -4.91. The molecule has 234 valence electrons. The number of carboxylic acid groups (broad SMARTS) is 1. The molecule has 0 spiro atoms. The van der Waals surface area contributed by atoms with Gasteiger partial charge < -0.3 is 31.5 Å². The summed E-state index contributed by atoms with van der Waals surface area (Å²) < 4.78 is 34.4. The number of carbonyl (C=O) groups is 2. The zero-order valence-corrected chi connectivity index (χ0v) is 30.2. The summed E-state index contributed by atoms with van der Waals surface area (Å²) in [5.74, 6) is -3.36. The maximum Gasteiger partial charge on any atom is 0.339 e. The van der Waals surface area contributed by atoms with Crippen LogP contribution in [0.15, 0.2) is 111 Å². The third-order valence-electron chi connectivity index (χ3n) is 6.60. The number of nitrogens with two attached hydrogens (primary N) is 1. The van der Waals surface area contributed by atoms with E-state index in [2.05, 4.69) is 20.5 Å². The Kier molecular flexibility index (Phi) is 12.5. The van der Waals surface area contributed by atoms with Gasteiger partial charge in [-0.3, -0.25) is 9.35 Å². The minimum Gasteiger partial charge on any atom is -0.507 e. The molecule has 0 atom stereocenters. The molecule has 0 aromatic heterocycles. The third-order valence-corrected chi connectivity index (χ3v) is 7.46. The third kappa shape index (κ3) is 8.77. The molecule has 5 aromatic rings. The summed E-state index contributed by atoms with van der Waals surface area (Å²) in [6, 6.07) is 20.7. The van der Waals surface area contributed by atoms with E-state index in [0.717, 1.165) is 18.2 Å². The smallest absolute Gasteiger partial charge is 0.339 e. The molecule has 8 N–H and O–H groups in total. The number of aliphatic imine (C=N–C) groups is 1. The van der Waals surface area contributed by atoms with Crippen molar-refractivity contribution in [3.8, 4) is 11.5 Å². The molecule has 0 saturated carbocycles. The number of aliphatic hydroxyl groups is 1. The number of aliphatic hydroxyl groups excluding tert-OH is 1. The summed E-state index contributed by atoms with van der Waals surface area (Å²) in [5.41, 5.74) is 6.25. The Labute approximate surface area is 317 Å². The number of rotatable bonds is 8. The summed E-state index contributed by atoms with van der Waals surface area (Å²) in [6.45, 7) is 0. The fourth-order valence-electron chi connectivity index (χ4n) is 4.30. The molecule has 0 unspecified atom stereocenters. The molecule has 0 saturated heterocycles. The van der Waals surface area contributed by atoms with Crippen LogP contribution in [0, 0.1) is 0 Å². The molecule has 0 aliphatic rings. The van der Waals surface area contributed by atoms with Crippen molar-refractivity contribution in [3.05, 3.63) is 108 Å². The number of aromatic hydroxyl groups is 2. The van der Waals surface area contributed by atoms with Crippen molar-refractivity contribution in [2.75, 3.05) is 11.1 Å². The number of amides is 1. The van der Waals surface area contributed by atoms with Gasteiger partial charge in [0, 0.05) is 87.0 Å². The van der Waals surface area contributed by atoms with Gasteiger partial charge in [0.25, 0.3) is 16.0 Å². The van der Waals surface area contributed by atoms with Crippen molar-refractivity contribution in [2.24, 2.45) is 15.2 Å². The number of carboxylic acids is 1. The van der Waals surface area contributed by atoms with Crippen LogP contribution in [0.5, 0.6) is 11.5 Å². The van der Waals surface area contributed by atoms with Crippen LogP contribution in [-0.2, 0) is 10.1 Å². The minimum absolute atomic E-state index is 0. The molecule has 14 nitrogen and oxygen atoms in total. The van der Waals surface area contributed by atoms with E-state index in [9.17, 15) is 37.9 Å². The number of hydrogen-bond acceptors (Lipinski definition) is 10. The van der Waals surface area contributed by atoms with Crippen LogP contribution in [0.2, 0.25) is 0 Å². The first-order valence-corrected chi connectivity index (χ1v) is 14.5. The van der Waals surface area contributed by atoms with E-state index < -0.39 is 49.6 Å². The summed E-state index contributed by atoms with van der Waals surface area (Å²) in [6.07, 6.45) is 0. The zero-order chi connectivity index (χ0) is 33.2. The van der Waals surface area contributed by atoms with E-state index in [1.807, 2.05) is 0 Å². The van der Waals surface area contributed by atoms with Crippen LogP contribution < -0.4 is 11.1 Å². The normalized spacial score (nSPS) is 11.5. The Morgan fingerprint density at radius 2 is 1.38 bits per heavy atom. The quantitative estimate of drug-likeness (QED) is 0.0210. The van der Waals surface area contributed by atoms with Gasteiger partial charge in [-0.1, -0.05) is 0 Å². The fourth-order valence-corrected chi connectivity index (χ4v) is 4.95. The second-order valence-electron chi connectivity index (χ2n) is 9.75. The first-order chi connectivity index (χ1) is 21.8. The molecule has 0 fully saturated rings. The van der Waals surface area contributed by atoms with Crippen molar-refractivity contribution >= 4 is 126 Å². The summed E-state index contributed by atoms with van der Waals surface area (Å²) in [7, 11) is -4.91. The molecule has 0 heterocycles. The molecular weight excluding hydrogens is 664 g/mol. The van der Waals surface area contributed by atoms with Crippen molar-refractivity contribution in [1.29, 1.82) is 0 Å². The predicted molar refractivity (Wildman–Crippen MR) is 180 cm³/mol. The number of hydrogen-bond donors (Lipinski definition) is 7. The Morgan fingerprint density at radius 3 is 2.00 bits per heavy atom. The second kappa shape index (κ2) is 15.7. The number of azo groups is 1. The standard InChI is InChI=1S/C31H23N5O9S.2Na/c32-19-5-1-16(2-6-19)29(39)33-21-9-11-23-18(13-21)14-26(46(43,44)45)27(28(23)38)36-35-20-7-3-17(4-8-20)30(40)34-22-10-12-25(37)24(15-22)31(41)42;;/h1-15,37-38H,32H2,(H,33,39)(H,34,40)(H,41,42)(H,43,44,45);;. The van der Waals surface area contributed by atoms with E-state index in [1.165, 1.54) is 48.5 Å².